The largest absolute Gasteiger partial charge is 0.384 e. The molecule has 1 aliphatic heterocycles. The molecule has 2 heterocycles. The maximum absolute atomic E-state index is 4.14. The van der Waals surface area contributed by atoms with E-state index in [1.165, 1.54) is 11.3 Å². The number of anilines is 2. The Bertz CT molecular complexity index is 532. The lowest BCUT2D eigenvalue weighted by Gasteiger charge is -2.10. The molecule has 4 nitrogen and oxygen atoms in total. The number of para-hydroxylation sites is 1. The van der Waals surface area contributed by atoms with E-state index in [-0.39, 0.29) is 0 Å². The van der Waals surface area contributed by atoms with E-state index >= 15 is 0 Å². The van der Waals surface area contributed by atoms with Gasteiger partial charge in [-0.1, -0.05) is 18.2 Å². The molecular weight excluding hydrogens is 224 g/mol. The predicted octanol–water partition coefficient (Wildman–Crippen LogP) is 2.43. The molecule has 0 fully saturated rings. The molecule has 1 aromatic heterocycles. The zero-order chi connectivity index (χ0) is 12.4. The van der Waals surface area contributed by atoms with Gasteiger partial charge in [0.2, 0.25) is 0 Å². The molecule has 18 heavy (non-hydrogen) atoms. The fourth-order valence-electron chi connectivity index (χ4n) is 2.52. The van der Waals surface area contributed by atoms with Crippen molar-refractivity contribution in [1.29, 1.82) is 0 Å². The van der Waals surface area contributed by atoms with Crippen LogP contribution in [0.3, 0.4) is 0 Å². The highest BCUT2D eigenvalue weighted by Gasteiger charge is 2.20. The van der Waals surface area contributed by atoms with Crippen LogP contribution in [0.15, 0.2) is 36.7 Å². The van der Waals surface area contributed by atoms with Gasteiger partial charge in [0.25, 0.3) is 0 Å². The number of hydrogen-bond acceptors (Lipinski definition) is 3. The minimum absolute atomic E-state index is 0.616. The summed E-state index contributed by atoms with van der Waals surface area (Å²) in [6.07, 6.45) is 5.00. The number of nitrogens with one attached hydrogen (secondary N) is 2. The van der Waals surface area contributed by atoms with Crippen molar-refractivity contribution in [2.75, 3.05) is 23.7 Å². The Morgan fingerprint density at radius 2 is 2.33 bits per heavy atom. The number of hydrogen-bond donors (Lipinski definition) is 2. The Labute approximate surface area is 107 Å². The van der Waals surface area contributed by atoms with Crippen LogP contribution in [0.1, 0.15) is 17.9 Å². The van der Waals surface area contributed by atoms with Crippen LogP contribution in [0.5, 0.6) is 0 Å². The highest BCUT2D eigenvalue weighted by Crippen LogP contribution is 2.32. The molecule has 0 saturated carbocycles. The van der Waals surface area contributed by atoms with E-state index in [2.05, 4.69) is 40.0 Å². The molecule has 0 bridgehead atoms. The first kappa shape index (κ1) is 11.1. The van der Waals surface area contributed by atoms with Crippen molar-refractivity contribution in [3.8, 4) is 0 Å². The fourth-order valence-corrected chi connectivity index (χ4v) is 2.52. The van der Waals surface area contributed by atoms with E-state index in [9.17, 15) is 0 Å². The van der Waals surface area contributed by atoms with Crippen molar-refractivity contribution in [2.45, 2.75) is 12.3 Å². The van der Waals surface area contributed by atoms with Crippen molar-refractivity contribution in [1.82, 2.24) is 9.78 Å². The number of nitrogens with zero attached hydrogens (tertiary/aromatic N) is 2. The highest BCUT2D eigenvalue weighted by molar-refractivity contribution is 5.57. The van der Waals surface area contributed by atoms with Crippen molar-refractivity contribution in [3.05, 3.63) is 42.2 Å². The van der Waals surface area contributed by atoms with Gasteiger partial charge >= 0.3 is 0 Å². The average Bonchev–Trinajstić information content (AvgIpc) is 2.97. The molecule has 0 spiro atoms. The van der Waals surface area contributed by atoms with Gasteiger partial charge in [-0.2, -0.15) is 5.10 Å². The normalized spacial score (nSPS) is 17.3. The van der Waals surface area contributed by atoms with Crippen LogP contribution in [0.2, 0.25) is 0 Å². The Morgan fingerprint density at radius 1 is 1.44 bits per heavy atom. The number of fused-ring (bicyclic) bond motifs is 1. The third-order valence-electron chi connectivity index (χ3n) is 3.47. The summed E-state index contributed by atoms with van der Waals surface area (Å²) >= 11 is 0. The zero-order valence-electron chi connectivity index (χ0n) is 10.6. The third kappa shape index (κ3) is 2.18. The van der Waals surface area contributed by atoms with Gasteiger partial charge in [-0.25, -0.2) is 0 Å². The molecule has 2 aromatic rings. The molecule has 1 unspecified atom stereocenters. The van der Waals surface area contributed by atoms with Gasteiger partial charge in [-0.05, 0) is 18.1 Å². The molecule has 0 saturated heterocycles. The van der Waals surface area contributed by atoms with Crippen LogP contribution >= 0.6 is 0 Å². The maximum Gasteiger partial charge on any atom is 0.0726 e. The quantitative estimate of drug-likeness (QED) is 0.865. The van der Waals surface area contributed by atoms with Crippen LogP contribution in [-0.4, -0.2) is 22.9 Å². The first-order chi connectivity index (χ1) is 8.83. The summed E-state index contributed by atoms with van der Waals surface area (Å²) < 4.78 is 1.81. The van der Waals surface area contributed by atoms with Crippen molar-refractivity contribution >= 4 is 11.4 Å². The second-order valence-electron chi connectivity index (χ2n) is 4.78. The van der Waals surface area contributed by atoms with E-state index in [0.717, 1.165) is 25.2 Å². The predicted molar refractivity (Wildman–Crippen MR) is 74.0 cm³/mol. The van der Waals surface area contributed by atoms with E-state index in [1.54, 1.807) is 0 Å². The van der Waals surface area contributed by atoms with Crippen LogP contribution in [0.4, 0.5) is 11.4 Å². The Kier molecular flexibility index (Phi) is 2.92. The van der Waals surface area contributed by atoms with Gasteiger partial charge in [0.1, 0.15) is 0 Å². The van der Waals surface area contributed by atoms with E-state index < -0.39 is 0 Å². The standard InChI is InChI=1S/C14H18N4/c1-18-10-12(9-17-18)15-7-6-11-8-16-14-5-3-2-4-13(11)14/h2-5,9-11,15-16H,6-8H2,1H3. The topological polar surface area (TPSA) is 41.9 Å². The van der Waals surface area contributed by atoms with Gasteiger partial charge < -0.3 is 10.6 Å². The zero-order valence-corrected chi connectivity index (χ0v) is 10.6. The molecule has 1 atom stereocenters. The molecule has 0 aliphatic carbocycles. The lowest BCUT2D eigenvalue weighted by molar-refractivity contribution is 0.701. The molecule has 1 aliphatic rings. The van der Waals surface area contributed by atoms with Gasteiger partial charge in [0, 0.05) is 37.9 Å². The van der Waals surface area contributed by atoms with Crippen LogP contribution in [-0.2, 0) is 7.05 Å². The summed E-state index contributed by atoms with van der Waals surface area (Å²) in [5.41, 5.74) is 3.84. The molecule has 2 N–H and O–H groups in total. The first-order valence-corrected chi connectivity index (χ1v) is 6.38. The van der Waals surface area contributed by atoms with E-state index in [0.29, 0.717) is 5.92 Å². The first-order valence-electron chi connectivity index (χ1n) is 6.38. The molecule has 94 valence electrons. The fraction of sp³-hybridized carbons (Fsp3) is 0.357. The van der Waals surface area contributed by atoms with Crippen molar-refractivity contribution in [2.24, 2.45) is 7.05 Å². The molecular formula is C14H18N4. The van der Waals surface area contributed by atoms with E-state index in [4.69, 9.17) is 0 Å². The lowest BCUT2D eigenvalue weighted by Crippen LogP contribution is -2.09. The minimum atomic E-state index is 0.616. The molecule has 4 heteroatoms. The Balaban J connectivity index is 1.56. The van der Waals surface area contributed by atoms with Crippen molar-refractivity contribution < 1.29 is 0 Å². The number of rotatable bonds is 4. The van der Waals surface area contributed by atoms with Gasteiger partial charge in [-0.3, -0.25) is 4.68 Å². The van der Waals surface area contributed by atoms with Crippen molar-refractivity contribution in [3.63, 3.8) is 0 Å². The van der Waals surface area contributed by atoms with Crippen LogP contribution < -0.4 is 10.6 Å². The number of aromatic nitrogens is 2. The summed E-state index contributed by atoms with van der Waals surface area (Å²) in [7, 11) is 1.93. The summed E-state index contributed by atoms with van der Waals surface area (Å²) in [5.74, 6) is 0.616. The van der Waals surface area contributed by atoms with Gasteiger partial charge in [0.05, 0.1) is 11.9 Å². The van der Waals surface area contributed by atoms with Gasteiger partial charge in [0.15, 0.2) is 0 Å². The summed E-state index contributed by atoms with van der Waals surface area (Å²) in [5, 5.41) is 11.0. The second kappa shape index (κ2) is 4.72. The molecule has 0 radical (unpaired) electrons. The summed E-state index contributed by atoms with van der Waals surface area (Å²) in [4.78, 5) is 0. The minimum Gasteiger partial charge on any atom is -0.384 e. The highest BCUT2D eigenvalue weighted by atomic mass is 15.3. The SMILES string of the molecule is Cn1cc(NCCC2CNc3ccccc32)cn1. The summed E-state index contributed by atoms with van der Waals surface area (Å²) in [6.45, 7) is 2.03. The monoisotopic (exact) mass is 242 g/mol. The number of aryl methyl sites for hydroxylation is 1. The maximum atomic E-state index is 4.14. The molecule has 0 amide bonds. The molecule has 3 rings (SSSR count). The second-order valence-corrected chi connectivity index (χ2v) is 4.78. The Morgan fingerprint density at radius 3 is 3.17 bits per heavy atom. The smallest absolute Gasteiger partial charge is 0.0726 e. The lowest BCUT2D eigenvalue weighted by atomic mass is 9.98. The summed E-state index contributed by atoms with van der Waals surface area (Å²) in [6, 6.07) is 8.59. The third-order valence-corrected chi connectivity index (χ3v) is 3.47. The van der Waals surface area contributed by atoms with Crippen LogP contribution in [0.25, 0.3) is 0 Å². The Hall–Kier alpha value is -1.97. The number of benzene rings is 1. The average molecular weight is 242 g/mol. The van der Waals surface area contributed by atoms with Crippen LogP contribution in [0, 0.1) is 0 Å². The van der Waals surface area contributed by atoms with E-state index in [1.807, 2.05) is 24.1 Å². The van der Waals surface area contributed by atoms with Gasteiger partial charge in [-0.15, -0.1) is 0 Å². The molecule has 1 aromatic carbocycles.